The molecule has 3 aromatic carbocycles. The number of benzene rings is 3. The molecule has 9 heteroatoms. The molecule has 8 nitrogen and oxygen atoms in total. The van der Waals surface area contributed by atoms with Crippen molar-refractivity contribution in [2.75, 3.05) is 24.5 Å². The summed E-state index contributed by atoms with van der Waals surface area (Å²) >= 11 is 0. The maximum absolute atomic E-state index is 14.2. The third kappa shape index (κ3) is 8.33. The predicted octanol–water partition coefficient (Wildman–Crippen LogP) is 5.09. The van der Waals surface area contributed by atoms with E-state index < -0.39 is 28.5 Å². The topological polar surface area (TPSA) is 96.0 Å². The first-order chi connectivity index (χ1) is 19.5. The molecule has 1 N–H and O–H groups in total. The Morgan fingerprint density at radius 2 is 1.61 bits per heavy atom. The second kappa shape index (κ2) is 14.2. The van der Waals surface area contributed by atoms with Crippen molar-refractivity contribution < 1.29 is 22.7 Å². The number of methoxy groups -OCH3 is 1. The third-order valence-corrected chi connectivity index (χ3v) is 8.52. The van der Waals surface area contributed by atoms with Gasteiger partial charge in [0.15, 0.2) is 0 Å². The fourth-order valence-corrected chi connectivity index (χ4v) is 5.89. The molecule has 220 valence electrons. The van der Waals surface area contributed by atoms with Crippen LogP contribution in [0.2, 0.25) is 0 Å². The minimum atomic E-state index is -4.15. The summed E-state index contributed by atoms with van der Waals surface area (Å²) in [7, 11) is -2.65. The number of sulfonamides is 1. The van der Waals surface area contributed by atoms with Gasteiger partial charge in [-0.25, -0.2) is 8.42 Å². The molecule has 0 saturated heterocycles. The Morgan fingerprint density at radius 3 is 2.22 bits per heavy atom. The van der Waals surface area contributed by atoms with Gasteiger partial charge in [0.2, 0.25) is 11.8 Å². The van der Waals surface area contributed by atoms with Crippen LogP contribution in [0.3, 0.4) is 0 Å². The summed E-state index contributed by atoms with van der Waals surface area (Å²) in [5.74, 6) is -0.0659. The van der Waals surface area contributed by atoms with Crippen molar-refractivity contribution in [3.05, 3.63) is 89.5 Å². The van der Waals surface area contributed by atoms with Gasteiger partial charge < -0.3 is 15.0 Å². The molecule has 2 amide bonds. The van der Waals surface area contributed by atoms with Crippen LogP contribution in [0.25, 0.3) is 0 Å². The largest absolute Gasteiger partial charge is 0.497 e. The van der Waals surface area contributed by atoms with Crippen LogP contribution in [-0.4, -0.2) is 51.4 Å². The summed E-state index contributed by atoms with van der Waals surface area (Å²) < 4.78 is 34.4. The van der Waals surface area contributed by atoms with Gasteiger partial charge in [-0.2, -0.15) is 0 Å². The molecule has 0 heterocycles. The zero-order valence-corrected chi connectivity index (χ0v) is 25.6. The van der Waals surface area contributed by atoms with Crippen LogP contribution >= 0.6 is 0 Å². The quantitative estimate of drug-likeness (QED) is 0.305. The number of carbonyl (C=O) groups excluding carboxylic acids is 2. The molecule has 0 fully saturated rings. The van der Waals surface area contributed by atoms with Crippen molar-refractivity contribution in [1.29, 1.82) is 0 Å². The van der Waals surface area contributed by atoms with Crippen LogP contribution in [0.5, 0.6) is 5.75 Å². The lowest BCUT2D eigenvalue weighted by Gasteiger charge is -2.33. The number of aryl methyl sites for hydroxylation is 2. The van der Waals surface area contributed by atoms with E-state index in [1.807, 2.05) is 58.9 Å². The molecule has 0 unspecified atom stereocenters. The highest BCUT2D eigenvalue weighted by Gasteiger charge is 2.33. The van der Waals surface area contributed by atoms with E-state index in [4.69, 9.17) is 4.74 Å². The Labute approximate surface area is 244 Å². The number of hydrogen-bond acceptors (Lipinski definition) is 5. The first-order valence-corrected chi connectivity index (χ1v) is 15.3. The van der Waals surface area contributed by atoms with E-state index in [0.29, 0.717) is 18.7 Å². The van der Waals surface area contributed by atoms with Crippen LogP contribution < -0.4 is 14.4 Å². The van der Waals surface area contributed by atoms with Crippen molar-refractivity contribution >= 4 is 27.5 Å². The van der Waals surface area contributed by atoms with Gasteiger partial charge in [0, 0.05) is 19.2 Å². The molecular weight excluding hydrogens is 538 g/mol. The van der Waals surface area contributed by atoms with E-state index in [0.717, 1.165) is 21.0 Å². The van der Waals surface area contributed by atoms with Gasteiger partial charge in [-0.15, -0.1) is 0 Å². The lowest BCUT2D eigenvalue weighted by atomic mass is 10.1. The first-order valence-electron chi connectivity index (χ1n) is 13.8. The molecular formula is C32H41N3O5S. The van der Waals surface area contributed by atoms with E-state index in [1.165, 1.54) is 24.1 Å². The molecule has 0 aliphatic heterocycles. The summed E-state index contributed by atoms with van der Waals surface area (Å²) in [6, 6.07) is 20.0. The number of hydrogen-bond donors (Lipinski definition) is 1. The summed E-state index contributed by atoms with van der Waals surface area (Å²) in [5, 5.41) is 2.95. The SMILES string of the molecule is CC[C@H](C(=O)NCC(C)C)N(Cc1cccc(C)c1)C(=O)CN(c1cccc(OC)c1)S(=O)(=O)c1ccc(C)cc1. The molecule has 0 aliphatic carbocycles. The van der Waals surface area contributed by atoms with Gasteiger partial charge in [0.1, 0.15) is 18.3 Å². The Kier molecular flexibility index (Phi) is 10.9. The average molecular weight is 580 g/mol. The highest BCUT2D eigenvalue weighted by atomic mass is 32.2. The lowest BCUT2D eigenvalue weighted by Crippen LogP contribution is -2.52. The van der Waals surface area contributed by atoms with Crippen LogP contribution in [0.1, 0.15) is 43.9 Å². The van der Waals surface area contributed by atoms with Gasteiger partial charge in [0.25, 0.3) is 10.0 Å². The smallest absolute Gasteiger partial charge is 0.264 e. The number of anilines is 1. The number of rotatable bonds is 13. The molecule has 0 bridgehead atoms. The van der Waals surface area contributed by atoms with Crippen LogP contribution in [0, 0.1) is 19.8 Å². The summed E-state index contributed by atoms with van der Waals surface area (Å²) in [6.45, 7) is 9.81. The molecule has 3 rings (SSSR count). The van der Waals surface area contributed by atoms with Crippen LogP contribution in [0.4, 0.5) is 5.69 Å². The minimum Gasteiger partial charge on any atom is -0.497 e. The van der Waals surface area contributed by atoms with Crippen molar-refractivity contribution in [3.8, 4) is 5.75 Å². The Bertz CT molecular complexity index is 1440. The van der Waals surface area contributed by atoms with E-state index in [9.17, 15) is 18.0 Å². The molecule has 0 saturated carbocycles. The normalized spacial score (nSPS) is 12.1. The predicted molar refractivity (Wildman–Crippen MR) is 162 cm³/mol. The molecule has 1 atom stereocenters. The van der Waals surface area contributed by atoms with Gasteiger partial charge >= 0.3 is 0 Å². The van der Waals surface area contributed by atoms with Crippen molar-refractivity contribution in [2.45, 2.75) is 58.5 Å². The van der Waals surface area contributed by atoms with E-state index in [2.05, 4.69) is 5.32 Å². The minimum absolute atomic E-state index is 0.0608. The third-order valence-electron chi connectivity index (χ3n) is 6.74. The molecule has 3 aromatic rings. The molecule has 0 radical (unpaired) electrons. The van der Waals surface area contributed by atoms with E-state index >= 15 is 0 Å². The monoisotopic (exact) mass is 579 g/mol. The maximum Gasteiger partial charge on any atom is 0.264 e. The maximum atomic E-state index is 14.2. The number of amides is 2. The fraction of sp³-hybridized carbons (Fsp3) is 0.375. The van der Waals surface area contributed by atoms with E-state index in [-0.39, 0.29) is 29.0 Å². The van der Waals surface area contributed by atoms with Gasteiger partial charge in [-0.1, -0.05) is 74.4 Å². The van der Waals surface area contributed by atoms with Crippen molar-refractivity contribution in [2.24, 2.45) is 5.92 Å². The Balaban J connectivity index is 2.07. The molecule has 41 heavy (non-hydrogen) atoms. The zero-order chi connectivity index (χ0) is 30.2. The number of carbonyl (C=O) groups is 2. The second-order valence-electron chi connectivity index (χ2n) is 10.6. The summed E-state index contributed by atoms with van der Waals surface area (Å²) in [5.41, 5.74) is 3.07. The standard InChI is InChI=1S/C32H41N3O5S/c1-7-30(32(37)33-20-23(2)3)34(21-26-11-8-10-25(5)18-26)31(36)22-35(27-12-9-13-28(19-27)40-6)41(38,39)29-16-14-24(4)15-17-29/h8-19,23,30H,7,20-22H2,1-6H3,(H,33,37)/t30-/m1/s1. The summed E-state index contributed by atoms with van der Waals surface area (Å²) in [4.78, 5) is 29.0. The highest BCUT2D eigenvalue weighted by molar-refractivity contribution is 7.92. The van der Waals surface area contributed by atoms with E-state index in [1.54, 1.807) is 36.4 Å². The van der Waals surface area contributed by atoms with Crippen LogP contribution in [-0.2, 0) is 26.2 Å². The number of ether oxygens (including phenoxy) is 1. The van der Waals surface area contributed by atoms with Crippen LogP contribution in [0.15, 0.2) is 77.7 Å². The highest BCUT2D eigenvalue weighted by Crippen LogP contribution is 2.28. The molecule has 0 aliphatic rings. The van der Waals surface area contributed by atoms with Crippen molar-refractivity contribution in [3.63, 3.8) is 0 Å². The second-order valence-corrected chi connectivity index (χ2v) is 12.5. The van der Waals surface area contributed by atoms with Gasteiger partial charge in [0.05, 0.1) is 17.7 Å². The first kappa shape index (κ1) is 31.7. The molecule has 0 spiro atoms. The summed E-state index contributed by atoms with van der Waals surface area (Å²) in [6.07, 6.45) is 0.366. The average Bonchev–Trinajstić information content (AvgIpc) is 2.94. The van der Waals surface area contributed by atoms with Gasteiger partial charge in [-0.3, -0.25) is 13.9 Å². The number of nitrogens with one attached hydrogen (secondary N) is 1. The van der Waals surface area contributed by atoms with Gasteiger partial charge in [-0.05, 0) is 56.0 Å². The number of nitrogens with zero attached hydrogens (tertiary/aromatic N) is 2. The molecule has 0 aromatic heterocycles. The Hall–Kier alpha value is -3.85. The Morgan fingerprint density at radius 1 is 0.927 bits per heavy atom. The zero-order valence-electron chi connectivity index (χ0n) is 24.8. The fourth-order valence-electron chi connectivity index (χ4n) is 4.48. The van der Waals surface area contributed by atoms with Crippen molar-refractivity contribution in [1.82, 2.24) is 10.2 Å². The lowest BCUT2D eigenvalue weighted by molar-refractivity contribution is -0.140.